The van der Waals surface area contributed by atoms with E-state index in [1.165, 1.54) is 19.3 Å². The van der Waals surface area contributed by atoms with Crippen LogP contribution >= 0.6 is 11.3 Å². The molecule has 0 spiro atoms. The van der Waals surface area contributed by atoms with Gasteiger partial charge in [-0.2, -0.15) is 0 Å². The minimum absolute atomic E-state index is 0.247. The van der Waals surface area contributed by atoms with Crippen molar-refractivity contribution in [3.8, 4) is 5.88 Å². The third-order valence-corrected chi connectivity index (χ3v) is 5.87. The summed E-state index contributed by atoms with van der Waals surface area (Å²) >= 11 is 1.69. The Bertz CT molecular complexity index is 647. The first kappa shape index (κ1) is 13.9. The van der Waals surface area contributed by atoms with Gasteiger partial charge in [-0.3, -0.25) is 0 Å². The van der Waals surface area contributed by atoms with Gasteiger partial charge < -0.3 is 9.64 Å². The molecule has 22 heavy (non-hydrogen) atoms. The lowest BCUT2D eigenvalue weighted by Gasteiger charge is -2.28. The fraction of sp³-hybridized carbons (Fsp3) is 0.562. The van der Waals surface area contributed by atoms with Crippen molar-refractivity contribution in [2.24, 2.45) is 11.3 Å². The lowest BCUT2D eigenvalue weighted by molar-refractivity contribution is 0.134. The molecule has 2 aliphatic rings. The molecule has 1 aliphatic carbocycles. The van der Waals surface area contributed by atoms with Crippen LogP contribution in [-0.4, -0.2) is 34.9 Å². The number of fused-ring (bicyclic) bond motifs is 1. The molecule has 2 aromatic rings. The molecule has 0 aromatic carbocycles. The minimum atomic E-state index is 0.247. The average Bonchev–Trinajstić information content (AvgIpc) is 3.19. The van der Waals surface area contributed by atoms with Crippen molar-refractivity contribution in [3.63, 3.8) is 0 Å². The molecule has 5 nitrogen and oxygen atoms in total. The van der Waals surface area contributed by atoms with Gasteiger partial charge in [0.05, 0.1) is 6.61 Å². The number of nitrogens with zero attached hydrogens (tertiary/aromatic N) is 4. The zero-order valence-corrected chi connectivity index (χ0v) is 13.6. The highest BCUT2D eigenvalue weighted by Crippen LogP contribution is 2.50. The minimum Gasteiger partial charge on any atom is -0.477 e. The second-order valence-electron chi connectivity index (χ2n) is 6.39. The maximum atomic E-state index is 6.01. The van der Waals surface area contributed by atoms with Crippen LogP contribution in [-0.2, 0) is 0 Å². The summed E-state index contributed by atoms with van der Waals surface area (Å²) < 4.78 is 6.01. The van der Waals surface area contributed by atoms with Crippen molar-refractivity contribution in [2.45, 2.75) is 26.2 Å². The number of ether oxygens (including phenoxy) is 1. The van der Waals surface area contributed by atoms with E-state index in [0.717, 1.165) is 35.7 Å². The van der Waals surface area contributed by atoms with Gasteiger partial charge in [-0.25, -0.2) is 4.98 Å². The molecule has 0 radical (unpaired) electrons. The molecule has 4 rings (SSSR count). The molecule has 6 heteroatoms. The zero-order valence-electron chi connectivity index (χ0n) is 12.7. The number of anilines is 1. The Labute approximate surface area is 134 Å². The number of aryl methyl sites for hydroxylation is 1. The maximum absolute atomic E-state index is 6.01. The van der Waals surface area contributed by atoms with E-state index in [2.05, 4.69) is 20.1 Å². The molecule has 2 fully saturated rings. The van der Waals surface area contributed by atoms with Crippen LogP contribution < -0.4 is 9.64 Å². The van der Waals surface area contributed by atoms with E-state index in [4.69, 9.17) is 4.74 Å². The molecule has 3 heterocycles. The number of aromatic nitrogens is 3. The van der Waals surface area contributed by atoms with Gasteiger partial charge in [-0.1, -0.05) is 23.8 Å². The van der Waals surface area contributed by atoms with Gasteiger partial charge in [-0.05, 0) is 31.7 Å². The van der Waals surface area contributed by atoms with Gasteiger partial charge in [0.15, 0.2) is 0 Å². The normalized spacial score (nSPS) is 27.1. The molecule has 0 amide bonds. The summed E-state index contributed by atoms with van der Waals surface area (Å²) in [6, 6.07) is 5.82. The SMILES string of the molecule is Cc1nnc(N2C[C@@H]3CCC[C@]3(COc3ccccn3)C2)s1. The van der Waals surface area contributed by atoms with Crippen molar-refractivity contribution in [2.75, 3.05) is 24.6 Å². The molecule has 1 aliphatic heterocycles. The standard InChI is InChI=1S/C16H20N4OS/c1-12-18-19-15(22-12)20-9-13-5-4-7-16(13,10-20)11-21-14-6-2-3-8-17-14/h2-3,6,8,13H,4-5,7,9-11H2,1H3/t13-,16+/m0/s1. The summed E-state index contributed by atoms with van der Waals surface area (Å²) in [6.07, 6.45) is 5.61. The molecule has 2 aromatic heterocycles. The second-order valence-corrected chi connectivity index (χ2v) is 7.55. The van der Waals surface area contributed by atoms with Crippen LogP contribution in [0.15, 0.2) is 24.4 Å². The van der Waals surface area contributed by atoms with Crippen LogP contribution in [0, 0.1) is 18.3 Å². The van der Waals surface area contributed by atoms with Crippen molar-refractivity contribution in [3.05, 3.63) is 29.4 Å². The van der Waals surface area contributed by atoms with Crippen LogP contribution in [0.3, 0.4) is 0 Å². The van der Waals surface area contributed by atoms with Gasteiger partial charge >= 0.3 is 0 Å². The van der Waals surface area contributed by atoms with Crippen LogP contribution in [0.25, 0.3) is 0 Å². The van der Waals surface area contributed by atoms with E-state index in [1.807, 2.05) is 25.1 Å². The molecule has 116 valence electrons. The maximum Gasteiger partial charge on any atom is 0.213 e. The van der Waals surface area contributed by atoms with Crippen molar-refractivity contribution >= 4 is 16.5 Å². The van der Waals surface area contributed by atoms with Crippen LogP contribution in [0.2, 0.25) is 0 Å². The van der Waals surface area contributed by atoms with E-state index in [9.17, 15) is 0 Å². The Hall–Kier alpha value is -1.69. The Morgan fingerprint density at radius 3 is 3.14 bits per heavy atom. The summed E-state index contributed by atoms with van der Waals surface area (Å²) in [7, 11) is 0. The number of hydrogen-bond acceptors (Lipinski definition) is 6. The van der Waals surface area contributed by atoms with E-state index >= 15 is 0 Å². The first-order valence-corrected chi connectivity index (χ1v) is 8.66. The molecule has 2 atom stereocenters. The van der Waals surface area contributed by atoms with Gasteiger partial charge in [-0.15, -0.1) is 10.2 Å². The number of rotatable bonds is 4. The van der Waals surface area contributed by atoms with Gasteiger partial charge in [0.2, 0.25) is 11.0 Å². The molecular weight excluding hydrogens is 296 g/mol. The molecular formula is C16H20N4OS. The first-order valence-electron chi connectivity index (χ1n) is 7.84. The van der Waals surface area contributed by atoms with Crippen LogP contribution in [0.1, 0.15) is 24.3 Å². The summed E-state index contributed by atoms with van der Waals surface area (Å²) in [6.45, 7) is 4.88. The Balaban J connectivity index is 1.49. The third-order valence-electron chi connectivity index (χ3n) is 4.97. The fourth-order valence-corrected chi connectivity index (χ4v) is 4.56. The highest BCUT2D eigenvalue weighted by Gasteiger charge is 2.50. The van der Waals surface area contributed by atoms with E-state index in [-0.39, 0.29) is 5.41 Å². The van der Waals surface area contributed by atoms with Crippen molar-refractivity contribution in [1.82, 2.24) is 15.2 Å². The molecule has 0 unspecified atom stereocenters. The molecule has 1 saturated heterocycles. The van der Waals surface area contributed by atoms with Crippen LogP contribution in [0.5, 0.6) is 5.88 Å². The zero-order chi connectivity index (χ0) is 15.0. The Kier molecular flexibility index (Phi) is 3.48. The quantitative estimate of drug-likeness (QED) is 0.868. The van der Waals surface area contributed by atoms with E-state index in [0.29, 0.717) is 5.92 Å². The summed E-state index contributed by atoms with van der Waals surface area (Å²) in [4.78, 5) is 6.67. The highest BCUT2D eigenvalue weighted by molar-refractivity contribution is 7.15. The summed E-state index contributed by atoms with van der Waals surface area (Å²) in [5.41, 5.74) is 0.247. The van der Waals surface area contributed by atoms with E-state index in [1.54, 1.807) is 17.5 Å². The third kappa shape index (κ3) is 2.45. The Morgan fingerprint density at radius 2 is 2.36 bits per heavy atom. The topological polar surface area (TPSA) is 51.1 Å². The second kappa shape index (κ2) is 5.50. The molecule has 0 bridgehead atoms. The van der Waals surface area contributed by atoms with Crippen LogP contribution in [0.4, 0.5) is 5.13 Å². The average molecular weight is 316 g/mol. The van der Waals surface area contributed by atoms with Crippen molar-refractivity contribution < 1.29 is 4.74 Å². The predicted molar refractivity (Wildman–Crippen MR) is 86.4 cm³/mol. The van der Waals surface area contributed by atoms with Gasteiger partial charge in [0.25, 0.3) is 0 Å². The first-order chi connectivity index (χ1) is 10.8. The molecule has 0 N–H and O–H groups in total. The fourth-order valence-electron chi connectivity index (χ4n) is 3.86. The van der Waals surface area contributed by atoms with E-state index < -0.39 is 0 Å². The monoisotopic (exact) mass is 316 g/mol. The molecule has 1 saturated carbocycles. The lowest BCUT2D eigenvalue weighted by atomic mass is 9.82. The lowest BCUT2D eigenvalue weighted by Crippen LogP contribution is -2.33. The number of hydrogen-bond donors (Lipinski definition) is 0. The largest absolute Gasteiger partial charge is 0.477 e. The highest BCUT2D eigenvalue weighted by atomic mass is 32.1. The summed E-state index contributed by atoms with van der Waals surface area (Å²) in [5, 5.41) is 10.6. The summed E-state index contributed by atoms with van der Waals surface area (Å²) in [5.74, 6) is 1.42. The van der Waals surface area contributed by atoms with Gasteiger partial charge in [0.1, 0.15) is 5.01 Å². The van der Waals surface area contributed by atoms with Crippen molar-refractivity contribution in [1.29, 1.82) is 0 Å². The predicted octanol–water partition coefficient (Wildman–Crippen LogP) is 2.93. The van der Waals surface area contributed by atoms with Gasteiger partial charge in [0, 0.05) is 30.8 Å². The Morgan fingerprint density at radius 1 is 1.41 bits per heavy atom. The smallest absolute Gasteiger partial charge is 0.213 e. The number of pyridine rings is 1.